The third-order valence-electron chi connectivity index (χ3n) is 2.40. The first-order valence-electron chi connectivity index (χ1n) is 5.19. The number of H-pyrrole nitrogens is 1. The third-order valence-corrected chi connectivity index (χ3v) is 2.40. The van der Waals surface area contributed by atoms with Crippen molar-refractivity contribution in [2.45, 2.75) is 26.7 Å². The molecule has 0 radical (unpaired) electrons. The summed E-state index contributed by atoms with van der Waals surface area (Å²) < 4.78 is 0. The Hall–Kier alpha value is -1.31. The van der Waals surface area contributed by atoms with Crippen LogP contribution in [0.3, 0.4) is 0 Å². The van der Waals surface area contributed by atoms with Gasteiger partial charge in [-0.15, -0.1) is 0 Å². The second-order valence-electron chi connectivity index (χ2n) is 4.13. The number of aryl methyl sites for hydroxylation is 1. The van der Waals surface area contributed by atoms with E-state index in [9.17, 15) is 0 Å². The summed E-state index contributed by atoms with van der Waals surface area (Å²) in [5.74, 6) is 1.85. The maximum Gasteiger partial charge on any atom is 0.107 e. The summed E-state index contributed by atoms with van der Waals surface area (Å²) in [6, 6.07) is 8.17. The van der Waals surface area contributed by atoms with E-state index in [-0.39, 0.29) is 0 Å². The van der Waals surface area contributed by atoms with Crippen LogP contribution in [0.5, 0.6) is 0 Å². The van der Waals surface area contributed by atoms with Crippen LogP contribution >= 0.6 is 0 Å². The van der Waals surface area contributed by atoms with Gasteiger partial charge in [-0.2, -0.15) is 0 Å². The van der Waals surface area contributed by atoms with Gasteiger partial charge in [0.1, 0.15) is 5.82 Å². The smallest absolute Gasteiger partial charge is 0.107 e. The van der Waals surface area contributed by atoms with Crippen LogP contribution in [-0.4, -0.2) is 9.97 Å². The molecule has 0 spiro atoms. The number of benzene rings is 1. The Balaban J connectivity index is 2.19. The second kappa shape index (κ2) is 3.82. The molecule has 0 aliphatic carbocycles. The fourth-order valence-electron chi connectivity index (χ4n) is 1.55. The van der Waals surface area contributed by atoms with Crippen molar-refractivity contribution >= 4 is 11.0 Å². The lowest BCUT2D eigenvalue weighted by Gasteiger charge is -2.00. The Morgan fingerprint density at radius 2 is 2.07 bits per heavy atom. The molecule has 2 nitrogen and oxygen atoms in total. The normalized spacial score (nSPS) is 11.4. The number of imidazole rings is 1. The van der Waals surface area contributed by atoms with Crippen LogP contribution in [0.25, 0.3) is 11.0 Å². The zero-order chi connectivity index (χ0) is 9.97. The first-order valence-corrected chi connectivity index (χ1v) is 5.19. The van der Waals surface area contributed by atoms with E-state index in [1.165, 1.54) is 6.42 Å². The van der Waals surface area contributed by atoms with E-state index in [2.05, 4.69) is 29.9 Å². The van der Waals surface area contributed by atoms with E-state index in [1.807, 2.05) is 18.2 Å². The van der Waals surface area contributed by atoms with Gasteiger partial charge >= 0.3 is 0 Å². The topological polar surface area (TPSA) is 28.7 Å². The molecule has 0 saturated heterocycles. The first-order chi connectivity index (χ1) is 6.75. The molecule has 0 aliphatic rings. The molecule has 1 heterocycles. The molecule has 0 unspecified atom stereocenters. The molecule has 0 aliphatic heterocycles. The number of fused-ring (bicyclic) bond motifs is 1. The van der Waals surface area contributed by atoms with Crippen LogP contribution in [0.2, 0.25) is 0 Å². The summed E-state index contributed by atoms with van der Waals surface area (Å²) in [4.78, 5) is 7.87. The van der Waals surface area contributed by atoms with E-state index < -0.39 is 0 Å². The number of rotatable bonds is 3. The van der Waals surface area contributed by atoms with E-state index in [0.717, 1.165) is 29.2 Å². The average Bonchev–Trinajstić information content (AvgIpc) is 2.57. The molecule has 0 saturated carbocycles. The van der Waals surface area contributed by atoms with Crippen LogP contribution in [-0.2, 0) is 6.42 Å². The molecular formula is C12H16N2. The van der Waals surface area contributed by atoms with Gasteiger partial charge in [-0.1, -0.05) is 26.0 Å². The highest BCUT2D eigenvalue weighted by Gasteiger charge is 2.02. The Labute approximate surface area is 84.4 Å². The highest BCUT2D eigenvalue weighted by atomic mass is 14.9. The lowest BCUT2D eigenvalue weighted by molar-refractivity contribution is 0.577. The Bertz CT molecular complexity index is 382. The SMILES string of the molecule is CC(C)CCc1nc2ccccc2[nH]1. The van der Waals surface area contributed by atoms with Crippen molar-refractivity contribution in [1.29, 1.82) is 0 Å². The Morgan fingerprint density at radius 3 is 2.79 bits per heavy atom. The molecule has 14 heavy (non-hydrogen) atoms. The predicted molar refractivity (Wildman–Crippen MR) is 59.3 cm³/mol. The number of aromatic amines is 1. The number of hydrogen-bond acceptors (Lipinski definition) is 1. The highest BCUT2D eigenvalue weighted by Crippen LogP contribution is 2.12. The van der Waals surface area contributed by atoms with Crippen LogP contribution in [0.15, 0.2) is 24.3 Å². The molecule has 0 bridgehead atoms. The van der Waals surface area contributed by atoms with Gasteiger partial charge < -0.3 is 4.98 Å². The number of nitrogens with one attached hydrogen (secondary N) is 1. The van der Waals surface area contributed by atoms with E-state index in [1.54, 1.807) is 0 Å². The Morgan fingerprint density at radius 1 is 1.29 bits per heavy atom. The minimum Gasteiger partial charge on any atom is -0.342 e. The molecule has 0 amide bonds. The molecule has 1 N–H and O–H groups in total. The van der Waals surface area contributed by atoms with Gasteiger partial charge in [0.15, 0.2) is 0 Å². The predicted octanol–water partition coefficient (Wildman–Crippen LogP) is 3.15. The van der Waals surface area contributed by atoms with E-state index in [0.29, 0.717) is 0 Å². The van der Waals surface area contributed by atoms with Crippen molar-refractivity contribution in [3.63, 3.8) is 0 Å². The maximum atomic E-state index is 4.53. The molecule has 0 fully saturated rings. The molecule has 2 rings (SSSR count). The molecule has 0 atom stereocenters. The van der Waals surface area contributed by atoms with Crippen LogP contribution in [0.1, 0.15) is 26.1 Å². The second-order valence-corrected chi connectivity index (χ2v) is 4.13. The van der Waals surface area contributed by atoms with Crippen molar-refractivity contribution in [3.8, 4) is 0 Å². The van der Waals surface area contributed by atoms with Crippen molar-refractivity contribution in [1.82, 2.24) is 9.97 Å². The molecule has 1 aromatic carbocycles. The maximum absolute atomic E-state index is 4.53. The quantitative estimate of drug-likeness (QED) is 0.787. The van der Waals surface area contributed by atoms with Crippen LogP contribution in [0, 0.1) is 5.92 Å². The van der Waals surface area contributed by atoms with Gasteiger partial charge in [0.25, 0.3) is 0 Å². The fraction of sp³-hybridized carbons (Fsp3) is 0.417. The summed E-state index contributed by atoms with van der Waals surface area (Å²) in [5, 5.41) is 0. The van der Waals surface area contributed by atoms with Crippen LogP contribution < -0.4 is 0 Å². The standard InChI is InChI=1S/C12H16N2/c1-9(2)7-8-12-13-10-5-3-4-6-11(10)14-12/h3-6,9H,7-8H2,1-2H3,(H,13,14). The minimum absolute atomic E-state index is 0.739. The van der Waals surface area contributed by atoms with Gasteiger partial charge in [0.2, 0.25) is 0 Å². The zero-order valence-electron chi connectivity index (χ0n) is 8.75. The number of aromatic nitrogens is 2. The molecular weight excluding hydrogens is 172 g/mol. The number of nitrogens with zero attached hydrogens (tertiary/aromatic N) is 1. The van der Waals surface area contributed by atoms with Crippen molar-refractivity contribution < 1.29 is 0 Å². The van der Waals surface area contributed by atoms with E-state index in [4.69, 9.17) is 0 Å². The monoisotopic (exact) mass is 188 g/mol. The largest absolute Gasteiger partial charge is 0.342 e. The van der Waals surface area contributed by atoms with Crippen molar-refractivity contribution in [2.24, 2.45) is 5.92 Å². The van der Waals surface area contributed by atoms with Gasteiger partial charge in [-0.05, 0) is 24.5 Å². The number of para-hydroxylation sites is 2. The van der Waals surface area contributed by atoms with Gasteiger partial charge in [-0.25, -0.2) is 4.98 Å². The summed E-state index contributed by atoms with van der Waals surface area (Å²) in [5.41, 5.74) is 2.22. The average molecular weight is 188 g/mol. The zero-order valence-corrected chi connectivity index (χ0v) is 8.75. The van der Waals surface area contributed by atoms with Crippen LogP contribution in [0.4, 0.5) is 0 Å². The summed E-state index contributed by atoms with van der Waals surface area (Å²) in [7, 11) is 0. The lowest BCUT2D eigenvalue weighted by Crippen LogP contribution is -1.93. The van der Waals surface area contributed by atoms with Gasteiger partial charge in [0.05, 0.1) is 11.0 Å². The molecule has 1 aromatic heterocycles. The molecule has 74 valence electrons. The Kier molecular flexibility index (Phi) is 2.53. The van der Waals surface area contributed by atoms with Crippen molar-refractivity contribution in [3.05, 3.63) is 30.1 Å². The fourth-order valence-corrected chi connectivity index (χ4v) is 1.55. The number of hydrogen-bond donors (Lipinski definition) is 1. The van der Waals surface area contributed by atoms with Crippen molar-refractivity contribution in [2.75, 3.05) is 0 Å². The first kappa shape index (κ1) is 9.25. The summed E-state index contributed by atoms with van der Waals surface area (Å²) in [6.45, 7) is 4.48. The minimum atomic E-state index is 0.739. The van der Waals surface area contributed by atoms with Gasteiger partial charge in [-0.3, -0.25) is 0 Å². The van der Waals surface area contributed by atoms with Gasteiger partial charge in [0, 0.05) is 6.42 Å². The third kappa shape index (κ3) is 1.95. The molecule has 2 aromatic rings. The summed E-state index contributed by atoms with van der Waals surface area (Å²) >= 11 is 0. The highest BCUT2D eigenvalue weighted by molar-refractivity contribution is 5.74. The summed E-state index contributed by atoms with van der Waals surface area (Å²) in [6.07, 6.45) is 2.24. The lowest BCUT2D eigenvalue weighted by atomic mass is 10.1. The molecule has 2 heteroatoms. The van der Waals surface area contributed by atoms with E-state index >= 15 is 0 Å².